The molecule has 0 unspecified atom stereocenters. The summed E-state index contributed by atoms with van der Waals surface area (Å²) < 4.78 is 10.8. The lowest BCUT2D eigenvalue weighted by Gasteiger charge is -2.07. The van der Waals surface area contributed by atoms with Crippen molar-refractivity contribution < 1.29 is 13.9 Å². The number of hydrogen-bond acceptors (Lipinski definition) is 4. The molecule has 1 aromatic heterocycles. The van der Waals surface area contributed by atoms with Gasteiger partial charge in [0.15, 0.2) is 0 Å². The fourth-order valence-corrected chi connectivity index (χ4v) is 3.66. The minimum atomic E-state index is -0.340. The van der Waals surface area contributed by atoms with Crippen LogP contribution in [0, 0.1) is 0 Å². The lowest BCUT2D eigenvalue weighted by Crippen LogP contribution is -2.10. The molecule has 2 aromatic carbocycles. The van der Waals surface area contributed by atoms with E-state index < -0.39 is 0 Å². The van der Waals surface area contributed by atoms with Crippen LogP contribution in [0.5, 0.6) is 5.75 Å². The van der Waals surface area contributed by atoms with Crippen LogP contribution in [-0.4, -0.2) is 5.97 Å². The molecular formula is C21H17ClO4. The minimum absolute atomic E-state index is 0.243. The molecule has 132 valence electrons. The van der Waals surface area contributed by atoms with Gasteiger partial charge in [0.25, 0.3) is 0 Å². The Morgan fingerprint density at radius 2 is 1.96 bits per heavy atom. The Kier molecular flexibility index (Phi) is 4.51. The Balaban J connectivity index is 1.49. The average molecular weight is 369 g/mol. The zero-order chi connectivity index (χ0) is 18.1. The molecule has 0 radical (unpaired) electrons. The van der Waals surface area contributed by atoms with Gasteiger partial charge in [0.1, 0.15) is 11.3 Å². The smallest absolute Gasteiger partial charge is 0.339 e. The van der Waals surface area contributed by atoms with Gasteiger partial charge in [-0.2, -0.15) is 0 Å². The first-order valence-electron chi connectivity index (χ1n) is 8.64. The van der Waals surface area contributed by atoms with Gasteiger partial charge in [0.05, 0.1) is 0 Å². The van der Waals surface area contributed by atoms with Gasteiger partial charge in [-0.15, -0.1) is 0 Å². The highest BCUT2D eigenvalue weighted by atomic mass is 35.5. The van der Waals surface area contributed by atoms with Crippen LogP contribution >= 0.6 is 11.6 Å². The van der Waals surface area contributed by atoms with Gasteiger partial charge in [-0.1, -0.05) is 23.7 Å². The number of halogens is 1. The summed E-state index contributed by atoms with van der Waals surface area (Å²) in [5.74, 6) is 0.0440. The molecule has 0 bridgehead atoms. The number of benzene rings is 2. The first-order chi connectivity index (χ1) is 12.6. The largest absolute Gasteiger partial charge is 0.426 e. The normalized spacial score (nSPS) is 13.0. The minimum Gasteiger partial charge on any atom is -0.426 e. The van der Waals surface area contributed by atoms with Crippen molar-refractivity contribution >= 4 is 28.5 Å². The summed E-state index contributed by atoms with van der Waals surface area (Å²) in [5, 5.41) is 1.57. The van der Waals surface area contributed by atoms with Crippen molar-refractivity contribution in [2.75, 3.05) is 0 Å². The number of rotatable bonds is 4. The zero-order valence-electron chi connectivity index (χ0n) is 14.1. The maximum Gasteiger partial charge on any atom is 0.339 e. The maximum atomic E-state index is 12.1. The summed E-state index contributed by atoms with van der Waals surface area (Å²) in [5.41, 5.74) is 3.01. The summed E-state index contributed by atoms with van der Waals surface area (Å²) in [6.07, 6.45) is 3.42. The molecule has 4 nitrogen and oxygen atoms in total. The van der Waals surface area contributed by atoms with Crippen molar-refractivity contribution in [2.45, 2.75) is 32.1 Å². The molecule has 0 amide bonds. The van der Waals surface area contributed by atoms with Crippen LogP contribution in [0.3, 0.4) is 0 Å². The van der Waals surface area contributed by atoms with Crippen LogP contribution < -0.4 is 10.4 Å². The third-order valence-electron chi connectivity index (χ3n) is 4.68. The molecule has 0 saturated carbocycles. The average Bonchev–Trinajstić information content (AvgIpc) is 3.11. The molecule has 26 heavy (non-hydrogen) atoms. The van der Waals surface area contributed by atoms with Crippen molar-refractivity contribution in [3.05, 3.63) is 74.6 Å². The van der Waals surface area contributed by atoms with E-state index >= 15 is 0 Å². The summed E-state index contributed by atoms with van der Waals surface area (Å²) in [6, 6.07) is 12.6. The van der Waals surface area contributed by atoms with Gasteiger partial charge in [-0.05, 0) is 61.1 Å². The van der Waals surface area contributed by atoms with E-state index in [0.29, 0.717) is 22.8 Å². The topological polar surface area (TPSA) is 56.5 Å². The van der Waals surface area contributed by atoms with E-state index in [-0.39, 0.29) is 18.0 Å². The molecule has 0 atom stereocenters. The number of carbonyl (C=O) groups is 1. The fraction of sp³-hybridized carbons (Fsp3) is 0.238. The predicted octanol–water partition coefficient (Wildman–Crippen LogP) is 4.47. The highest BCUT2D eigenvalue weighted by molar-refractivity contribution is 6.30. The lowest BCUT2D eigenvalue weighted by molar-refractivity contribution is -0.134. The number of aryl methyl sites for hydroxylation is 2. The van der Waals surface area contributed by atoms with Crippen molar-refractivity contribution in [3.8, 4) is 5.75 Å². The van der Waals surface area contributed by atoms with E-state index in [1.165, 1.54) is 0 Å². The van der Waals surface area contributed by atoms with E-state index in [4.69, 9.17) is 20.8 Å². The molecule has 1 aliphatic carbocycles. The Labute approximate surface area is 155 Å². The summed E-state index contributed by atoms with van der Waals surface area (Å²) in [6.45, 7) is 0. The van der Waals surface area contributed by atoms with E-state index in [2.05, 4.69) is 0 Å². The van der Waals surface area contributed by atoms with Gasteiger partial charge in [0.2, 0.25) is 0 Å². The molecule has 0 aliphatic heterocycles. The second-order valence-electron chi connectivity index (χ2n) is 6.46. The van der Waals surface area contributed by atoms with Crippen molar-refractivity contribution in [1.82, 2.24) is 0 Å². The molecule has 4 rings (SSSR count). The van der Waals surface area contributed by atoms with Crippen molar-refractivity contribution in [2.24, 2.45) is 0 Å². The quantitative estimate of drug-likeness (QED) is 0.387. The van der Waals surface area contributed by atoms with E-state index in [1.54, 1.807) is 18.2 Å². The standard InChI is InChI=1S/C21H17ClO4/c22-14-4-1-3-13(11-14)7-10-20(23)25-15-8-9-17-16-5-2-6-18(16)21(24)26-19(17)12-15/h1,3-4,8-9,11-12H,2,5-7,10H2. The Morgan fingerprint density at radius 1 is 1.12 bits per heavy atom. The van der Waals surface area contributed by atoms with Gasteiger partial charge in [-0.25, -0.2) is 4.79 Å². The first-order valence-corrected chi connectivity index (χ1v) is 9.02. The fourth-order valence-electron chi connectivity index (χ4n) is 3.45. The number of carbonyl (C=O) groups excluding carboxylic acids is 1. The van der Waals surface area contributed by atoms with Crippen molar-refractivity contribution in [3.63, 3.8) is 0 Å². The summed E-state index contributed by atoms with van der Waals surface area (Å²) in [7, 11) is 0. The Morgan fingerprint density at radius 3 is 2.81 bits per heavy atom. The third kappa shape index (κ3) is 3.37. The molecule has 0 N–H and O–H groups in total. The number of fused-ring (bicyclic) bond motifs is 3. The van der Waals surface area contributed by atoms with E-state index in [9.17, 15) is 9.59 Å². The maximum absolute atomic E-state index is 12.1. The van der Waals surface area contributed by atoms with Gasteiger partial charge in [-0.3, -0.25) is 4.79 Å². The molecule has 0 spiro atoms. The van der Waals surface area contributed by atoms with Gasteiger partial charge in [0, 0.05) is 28.5 Å². The molecule has 1 aliphatic rings. The highest BCUT2D eigenvalue weighted by Gasteiger charge is 2.20. The molecule has 3 aromatic rings. The van der Waals surface area contributed by atoms with Crippen LogP contribution in [-0.2, 0) is 24.1 Å². The van der Waals surface area contributed by atoms with Crippen LogP contribution in [0.15, 0.2) is 51.7 Å². The Hall–Kier alpha value is -2.59. The van der Waals surface area contributed by atoms with Crippen LogP contribution in [0.25, 0.3) is 11.0 Å². The molecule has 0 saturated heterocycles. The molecular weight excluding hydrogens is 352 g/mol. The summed E-state index contributed by atoms with van der Waals surface area (Å²) >= 11 is 5.95. The van der Waals surface area contributed by atoms with Crippen LogP contribution in [0.1, 0.15) is 29.5 Å². The predicted molar refractivity (Wildman–Crippen MR) is 99.9 cm³/mol. The Bertz CT molecular complexity index is 1050. The second-order valence-corrected chi connectivity index (χ2v) is 6.90. The van der Waals surface area contributed by atoms with Gasteiger partial charge >= 0.3 is 11.6 Å². The molecule has 0 fully saturated rings. The van der Waals surface area contributed by atoms with Crippen LogP contribution in [0.2, 0.25) is 5.02 Å². The number of esters is 1. The van der Waals surface area contributed by atoms with Gasteiger partial charge < -0.3 is 9.15 Å². The third-order valence-corrected chi connectivity index (χ3v) is 4.92. The monoisotopic (exact) mass is 368 g/mol. The van der Waals surface area contributed by atoms with E-state index in [0.717, 1.165) is 41.3 Å². The molecule has 1 heterocycles. The molecule has 5 heteroatoms. The first kappa shape index (κ1) is 16.9. The van der Waals surface area contributed by atoms with E-state index in [1.807, 2.05) is 24.3 Å². The van der Waals surface area contributed by atoms with Crippen LogP contribution in [0.4, 0.5) is 0 Å². The second kappa shape index (κ2) is 6.96. The number of hydrogen-bond donors (Lipinski definition) is 0. The summed E-state index contributed by atoms with van der Waals surface area (Å²) in [4.78, 5) is 24.2. The SMILES string of the molecule is O=C(CCc1cccc(Cl)c1)Oc1ccc2c3c(c(=O)oc2c1)CCC3. The zero-order valence-corrected chi connectivity index (χ0v) is 14.8. The lowest BCUT2D eigenvalue weighted by atomic mass is 10.1. The van der Waals surface area contributed by atoms with Crippen molar-refractivity contribution in [1.29, 1.82) is 0 Å². The highest BCUT2D eigenvalue weighted by Crippen LogP contribution is 2.29. The number of ether oxygens (including phenoxy) is 1.